The Labute approximate surface area is 120 Å². The summed E-state index contributed by atoms with van der Waals surface area (Å²) in [6.45, 7) is 11.0. The van der Waals surface area contributed by atoms with Gasteiger partial charge in [0.05, 0.1) is 6.04 Å². The average molecular weight is 289 g/mol. The Bertz CT molecular complexity index is 331. The maximum Gasteiger partial charge on any atom is 0.407 e. The molecule has 7 heteroatoms. The monoisotopic (exact) mass is 289 g/mol. The van der Waals surface area contributed by atoms with Gasteiger partial charge < -0.3 is 25.8 Å². The zero-order chi connectivity index (χ0) is 16.0. The number of alkyl carbamates (subject to hydrolysis) is 2. The van der Waals surface area contributed by atoms with E-state index in [2.05, 4.69) is 10.6 Å². The molecule has 0 aromatic rings. The highest BCUT2D eigenvalue weighted by Crippen LogP contribution is 2.07. The molecule has 0 unspecified atom stereocenters. The highest BCUT2D eigenvalue weighted by Gasteiger charge is 2.20. The lowest BCUT2D eigenvalue weighted by molar-refractivity contribution is 0.0465. The first-order valence-electron chi connectivity index (χ1n) is 6.59. The summed E-state index contributed by atoms with van der Waals surface area (Å²) in [5.74, 6) is 0. The quantitative estimate of drug-likeness (QED) is 0.725. The highest BCUT2D eigenvalue weighted by atomic mass is 16.6. The van der Waals surface area contributed by atoms with E-state index in [1.807, 2.05) is 0 Å². The van der Waals surface area contributed by atoms with E-state index in [1.165, 1.54) is 0 Å². The molecule has 0 radical (unpaired) electrons. The van der Waals surface area contributed by atoms with E-state index >= 15 is 0 Å². The average Bonchev–Trinajstić information content (AvgIpc) is 2.18. The predicted molar refractivity (Wildman–Crippen MR) is 76.4 cm³/mol. The molecule has 0 fully saturated rings. The number of ether oxygens (including phenoxy) is 2. The van der Waals surface area contributed by atoms with Crippen LogP contribution in [0.3, 0.4) is 0 Å². The normalized spacial score (nSPS) is 13.3. The standard InChI is InChI=1S/C13H27N3O4/c1-12(2,3)19-10(17)15-8-9(7-14)16-11(18)20-13(4,5)6/h9H,7-8,14H2,1-6H3,(H,15,17)(H,16,18)/t9-/m1/s1. The van der Waals surface area contributed by atoms with Gasteiger partial charge in [-0.25, -0.2) is 9.59 Å². The van der Waals surface area contributed by atoms with Gasteiger partial charge in [-0.2, -0.15) is 0 Å². The third-order valence-corrected chi connectivity index (χ3v) is 1.90. The van der Waals surface area contributed by atoms with Crippen LogP contribution < -0.4 is 16.4 Å². The number of nitrogens with one attached hydrogen (secondary N) is 2. The van der Waals surface area contributed by atoms with E-state index in [-0.39, 0.29) is 13.1 Å². The minimum atomic E-state index is -0.582. The Hall–Kier alpha value is -1.50. The van der Waals surface area contributed by atoms with Crippen LogP contribution >= 0.6 is 0 Å². The van der Waals surface area contributed by atoms with Crippen molar-refractivity contribution in [2.24, 2.45) is 5.73 Å². The number of hydrogen-bond acceptors (Lipinski definition) is 5. The van der Waals surface area contributed by atoms with Crippen molar-refractivity contribution in [1.82, 2.24) is 10.6 Å². The summed E-state index contributed by atoms with van der Waals surface area (Å²) in [7, 11) is 0. The van der Waals surface area contributed by atoms with Gasteiger partial charge in [-0.3, -0.25) is 0 Å². The molecule has 0 aromatic carbocycles. The molecule has 1 atom stereocenters. The Balaban J connectivity index is 4.17. The zero-order valence-corrected chi connectivity index (χ0v) is 13.2. The first-order valence-corrected chi connectivity index (χ1v) is 6.59. The Morgan fingerprint density at radius 1 is 1.00 bits per heavy atom. The van der Waals surface area contributed by atoms with Crippen molar-refractivity contribution in [3.05, 3.63) is 0 Å². The Morgan fingerprint density at radius 2 is 1.45 bits per heavy atom. The molecule has 118 valence electrons. The number of hydrogen-bond donors (Lipinski definition) is 3. The summed E-state index contributed by atoms with van der Waals surface area (Å²) in [6, 6.07) is -0.419. The fraction of sp³-hybridized carbons (Fsp3) is 0.846. The largest absolute Gasteiger partial charge is 0.444 e. The van der Waals surface area contributed by atoms with Crippen LogP contribution in [-0.2, 0) is 9.47 Å². The van der Waals surface area contributed by atoms with Gasteiger partial charge in [0, 0.05) is 13.1 Å². The Kier molecular flexibility index (Phi) is 6.78. The molecule has 0 bridgehead atoms. The lowest BCUT2D eigenvalue weighted by Gasteiger charge is -2.24. The van der Waals surface area contributed by atoms with Crippen LogP contribution in [-0.4, -0.2) is 42.5 Å². The molecule has 0 aliphatic rings. The molecule has 4 N–H and O–H groups in total. The second kappa shape index (κ2) is 7.33. The third kappa shape index (κ3) is 10.4. The van der Waals surface area contributed by atoms with Gasteiger partial charge in [0.25, 0.3) is 0 Å². The molecule has 0 heterocycles. The molecule has 0 aromatic heterocycles. The maximum absolute atomic E-state index is 11.6. The minimum Gasteiger partial charge on any atom is -0.444 e. The van der Waals surface area contributed by atoms with Crippen molar-refractivity contribution < 1.29 is 19.1 Å². The molecule has 2 amide bonds. The lowest BCUT2D eigenvalue weighted by atomic mass is 10.2. The molecule has 0 spiro atoms. The van der Waals surface area contributed by atoms with Crippen LogP contribution in [0.15, 0.2) is 0 Å². The highest BCUT2D eigenvalue weighted by molar-refractivity contribution is 5.69. The number of nitrogens with two attached hydrogens (primary N) is 1. The van der Waals surface area contributed by atoms with E-state index in [0.717, 1.165) is 0 Å². The van der Waals surface area contributed by atoms with E-state index in [1.54, 1.807) is 41.5 Å². The van der Waals surface area contributed by atoms with Gasteiger partial charge in [-0.1, -0.05) is 0 Å². The summed E-state index contributed by atoms with van der Waals surface area (Å²) in [6.07, 6.45) is -1.12. The SMILES string of the molecule is CC(C)(C)OC(=O)NC[C@@H](CN)NC(=O)OC(C)(C)C. The number of carbonyl (C=O) groups excluding carboxylic acids is 2. The summed E-state index contributed by atoms with van der Waals surface area (Å²) in [4.78, 5) is 23.0. The van der Waals surface area contributed by atoms with Crippen LogP contribution in [0.4, 0.5) is 9.59 Å². The smallest absolute Gasteiger partial charge is 0.407 e. The van der Waals surface area contributed by atoms with Crippen molar-refractivity contribution >= 4 is 12.2 Å². The molecule has 0 aliphatic heterocycles. The number of amides is 2. The second-order valence-electron chi connectivity index (χ2n) is 6.46. The van der Waals surface area contributed by atoms with Crippen molar-refractivity contribution in [3.8, 4) is 0 Å². The van der Waals surface area contributed by atoms with Crippen molar-refractivity contribution in [2.45, 2.75) is 58.8 Å². The van der Waals surface area contributed by atoms with Crippen LogP contribution in [0.25, 0.3) is 0 Å². The summed E-state index contributed by atoms with van der Waals surface area (Å²) < 4.78 is 10.2. The van der Waals surface area contributed by atoms with Gasteiger partial charge in [-0.05, 0) is 41.5 Å². The van der Waals surface area contributed by atoms with Gasteiger partial charge in [0.1, 0.15) is 11.2 Å². The topological polar surface area (TPSA) is 103 Å². The first kappa shape index (κ1) is 18.5. The van der Waals surface area contributed by atoms with Crippen LogP contribution in [0.2, 0.25) is 0 Å². The minimum absolute atomic E-state index is 0.171. The van der Waals surface area contributed by atoms with E-state index in [0.29, 0.717) is 0 Å². The Morgan fingerprint density at radius 3 is 1.85 bits per heavy atom. The fourth-order valence-electron chi connectivity index (χ4n) is 1.19. The van der Waals surface area contributed by atoms with E-state index < -0.39 is 29.4 Å². The van der Waals surface area contributed by atoms with Crippen molar-refractivity contribution in [3.63, 3.8) is 0 Å². The predicted octanol–water partition coefficient (Wildman–Crippen LogP) is 1.36. The van der Waals surface area contributed by atoms with Gasteiger partial charge >= 0.3 is 12.2 Å². The fourth-order valence-corrected chi connectivity index (χ4v) is 1.19. The summed E-state index contributed by atoms with van der Waals surface area (Å²) >= 11 is 0. The summed E-state index contributed by atoms with van der Waals surface area (Å²) in [5.41, 5.74) is 4.39. The maximum atomic E-state index is 11.6. The lowest BCUT2D eigenvalue weighted by Crippen LogP contribution is -2.49. The van der Waals surface area contributed by atoms with E-state index in [9.17, 15) is 9.59 Å². The molecular weight excluding hydrogens is 262 g/mol. The van der Waals surface area contributed by atoms with Crippen LogP contribution in [0.5, 0.6) is 0 Å². The molecule has 0 saturated carbocycles. The molecule has 0 aliphatic carbocycles. The number of rotatable bonds is 4. The van der Waals surface area contributed by atoms with Gasteiger partial charge in [-0.15, -0.1) is 0 Å². The van der Waals surface area contributed by atoms with Crippen molar-refractivity contribution in [1.29, 1.82) is 0 Å². The van der Waals surface area contributed by atoms with Crippen LogP contribution in [0.1, 0.15) is 41.5 Å². The first-order chi connectivity index (χ1) is 8.93. The van der Waals surface area contributed by atoms with E-state index in [4.69, 9.17) is 15.2 Å². The molecular formula is C13H27N3O4. The molecule has 0 saturated heterocycles. The number of carbonyl (C=O) groups is 2. The molecule has 0 rings (SSSR count). The van der Waals surface area contributed by atoms with Crippen LogP contribution in [0, 0.1) is 0 Å². The molecule has 20 heavy (non-hydrogen) atoms. The van der Waals surface area contributed by atoms with Gasteiger partial charge in [0.2, 0.25) is 0 Å². The zero-order valence-electron chi connectivity index (χ0n) is 13.2. The third-order valence-electron chi connectivity index (χ3n) is 1.90. The molecule has 7 nitrogen and oxygen atoms in total. The summed E-state index contributed by atoms with van der Waals surface area (Å²) in [5, 5.41) is 5.13. The van der Waals surface area contributed by atoms with Gasteiger partial charge in [0.15, 0.2) is 0 Å². The second-order valence-corrected chi connectivity index (χ2v) is 6.46. The van der Waals surface area contributed by atoms with Crippen molar-refractivity contribution in [2.75, 3.05) is 13.1 Å².